The molecule has 1 aromatic rings. The summed E-state index contributed by atoms with van der Waals surface area (Å²) in [6.07, 6.45) is 0.251. The zero-order chi connectivity index (χ0) is 11.3. The Morgan fingerprint density at radius 1 is 1.43 bits per heavy atom. The lowest BCUT2D eigenvalue weighted by Gasteiger charge is -2.07. The molecule has 0 spiro atoms. The SMILES string of the molecule is [3H]/N=C(\C)c1ccc(COC(C)C)cc1. The minimum absolute atomic E-state index is 0.251. The lowest BCUT2D eigenvalue weighted by Crippen LogP contribution is -2.02. The van der Waals surface area contributed by atoms with E-state index >= 15 is 0 Å². The van der Waals surface area contributed by atoms with Crippen molar-refractivity contribution < 1.29 is 6.15 Å². The summed E-state index contributed by atoms with van der Waals surface area (Å²) in [7, 11) is 0. The Morgan fingerprint density at radius 2 is 2.07 bits per heavy atom. The molecule has 0 aromatic heterocycles. The summed E-state index contributed by atoms with van der Waals surface area (Å²) in [6, 6.07) is 7.94. The Bertz CT molecular complexity index is 330. The second kappa shape index (κ2) is 4.91. The van der Waals surface area contributed by atoms with E-state index in [0.29, 0.717) is 6.61 Å². The van der Waals surface area contributed by atoms with E-state index in [-0.39, 0.29) is 6.10 Å². The Hall–Kier alpha value is -1.15. The van der Waals surface area contributed by atoms with E-state index in [1.165, 1.54) is 0 Å². The second-order valence-corrected chi connectivity index (χ2v) is 3.64. The van der Waals surface area contributed by atoms with Crippen LogP contribution in [-0.2, 0) is 11.3 Å². The van der Waals surface area contributed by atoms with Crippen LogP contribution in [0.4, 0.5) is 0 Å². The number of rotatable bonds is 4. The summed E-state index contributed by atoms with van der Waals surface area (Å²) in [6.45, 7) is 6.50. The first-order valence-electron chi connectivity index (χ1n) is 5.27. The van der Waals surface area contributed by atoms with Gasteiger partial charge in [0.25, 0.3) is 0 Å². The number of hydrogen-bond acceptors (Lipinski definition) is 2. The quantitative estimate of drug-likeness (QED) is 0.733. The zero-order valence-corrected chi connectivity index (χ0v) is 8.95. The number of ether oxygens (including phenoxy) is 1. The van der Waals surface area contributed by atoms with Gasteiger partial charge >= 0.3 is 0 Å². The van der Waals surface area contributed by atoms with Crippen molar-refractivity contribution in [3.8, 4) is 0 Å². The van der Waals surface area contributed by atoms with Crippen LogP contribution in [0, 0.1) is 5.40 Å². The van der Waals surface area contributed by atoms with Crippen molar-refractivity contribution in [2.75, 3.05) is 0 Å². The van der Waals surface area contributed by atoms with Crippen LogP contribution in [-0.4, -0.2) is 11.8 Å². The van der Waals surface area contributed by atoms with E-state index in [2.05, 4.69) is 5.40 Å². The van der Waals surface area contributed by atoms with Gasteiger partial charge in [-0.3, -0.25) is 0 Å². The molecule has 0 atom stereocenters. The molecule has 0 radical (unpaired) electrons. The van der Waals surface area contributed by atoms with Gasteiger partial charge in [-0.25, -0.2) is 0 Å². The molecular weight excluding hydrogens is 174 g/mol. The van der Waals surface area contributed by atoms with Gasteiger partial charge in [0.1, 0.15) is 0 Å². The van der Waals surface area contributed by atoms with E-state index in [1.54, 1.807) is 0 Å². The fourth-order valence-corrected chi connectivity index (χ4v) is 1.11. The molecule has 14 heavy (non-hydrogen) atoms. The number of benzene rings is 1. The van der Waals surface area contributed by atoms with Gasteiger partial charge in [0.2, 0.25) is 0 Å². The maximum absolute atomic E-state index is 6.90. The highest BCUT2D eigenvalue weighted by molar-refractivity contribution is 5.96. The molecule has 0 bridgehead atoms. The molecule has 0 unspecified atom stereocenters. The second-order valence-electron chi connectivity index (χ2n) is 3.64. The molecule has 0 fully saturated rings. The van der Waals surface area contributed by atoms with Gasteiger partial charge in [-0.2, -0.15) is 0 Å². The normalized spacial score (nSPS) is 13.1. The third kappa shape index (κ3) is 3.30. The zero-order valence-electron chi connectivity index (χ0n) is 9.95. The monoisotopic (exact) mass is 193 g/mol. The summed E-state index contributed by atoms with van der Waals surface area (Å²) in [5.41, 5.74) is 2.86. The fourth-order valence-electron chi connectivity index (χ4n) is 1.11. The highest BCUT2D eigenvalue weighted by Crippen LogP contribution is 2.07. The smallest absolute Gasteiger partial charge is 0.187 e. The summed E-state index contributed by atoms with van der Waals surface area (Å²) in [5, 5.41) is 3.40. The average Bonchev–Trinajstić information content (AvgIpc) is 2.26. The first-order valence-corrected chi connectivity index (χ1v) is 4.83. The molecule has 0 heterocycles. The van der Waals surface area contributed by atoms with Crippen molar-refractivity contribution in [3.63, 3.8) is 0 Å². The highest BCUT2D eigenvalue weighted by Gasteiger charge is 1.98. The molecule has 0 saturated carbocycles. The first kappa shape index (κ1) is 9.41. The summed E-state index contributed by atoms with van der Waals surface area (Å²) < 4.78 is 12.4. The van der Waals surface area contributed by atoms with Gasteiger partial charge in [-0.1, -0.05) is 24.3 Å². The van der Waals surface area contributed by atoms with Crippen LogP contribution >= 0.6 is 0 Å². The van der Waals surface area contributed by atoms with Crippen LogP contribution in [0.3, 0.4) is 0 Å². The molecule has 0 saturated heterocycles. The van der Waals surface area contributed by atoms with Crippen molar-refractivity contribution >= 4 is 5.71 Å². The predicted octanol–water partition coefficient (Wildman–Crippen LogP) is 3.00. The molecule has 0 amide bonds. The van der Waals surface area contributed by atoms with E-state index in [1.807, 2.05) is 45.0 Å². The third-order valence-electron chi connectivity index (χ3n) is 1.96. The van der Waals surface area contributed by atoms with Crippen LogP contribution < -0.4 is 0 Å². The Kier molecular flexibility index (Phi) is 3.30. The number of nitrogens with one attached hydrogen (secondary N) is 1. The average molecular weight is 193 g/mol. The minimum atomic E-state index is 0.251. The predicted molar refractivity (Wildman–Crippen MR) is 58.9 cm³/mol. The van der Waals surface area contributed by atoms with Gasteiger partial charge < -0.3 is 10.1 Å². The fraction of sp³-hybridized carbons (Fsp3) is 0.417. The van der Waals surface area contributed by atoms with Gasteiger partial charge in [-0.15, -0.1) is 0 Å². The summed E-state index contributed by atoms with van der Waals surface area (Å²) >= 11 is 0. The van der Waals surface area contributed by atoms with Crippen LogP contribution in [0.2, 0.25) is 1.41 Å². The summed E-state index contributed by atoms with van der Waals surface area (Å²) in [4.78, 5) is 0. The first-order chi connectivity index (χ1) is 7.13. The van der Waals surface area contributed by atoms with Crippen molar-refractivity contribution in [2.24, 2.45) is 0 Å². The molecule has 1 N–H and O–H groups in total. The third-order valence-corrected chi connectivity index (χ3v) is 1.96. The minimum Gasteiger partial charge on any atom is -0.374 e. The maximum atomic E-state index is 6.90. The molecule has 0 aliphatic carbocycles. The van der Waals surface area contributed by atoms with E-state index in [0.717, 1.165) is 16.8 Å². The Morgan fingerprint density at radius 3 is 2.57 bits per heavy atom. The number of hydrogen-bond donors (Lipinski definition) is 1. The molecule has 2 nitrogen and oxygen atoms in total. The molecular formula is C12H17NO. The van der Waals surface area contributed by atoms with E-state index < -0.39 is 0 Å². The van der Waals surface area contributed by atoms with E-state index in [4.69, 9.17) is 6.15 Å². The lowest BCUT2D eigenvalue weighted by atomic mass is 10.1. The maximum Gasteiger partial charge on any atom is 0.187 e. The Labute approximate surface area is 86.9 Å². The molecule has 2 heteroatoms. The standard InChI is InChI=1S/C12H17NO/c1-9(2)14-8-11-4-6-12(7-5-11)10(3)13/h4-7,9,13H,8H2,1-3H3/b13-10+/i/hT. The lowest BCUT2D eigenvalue weighted by molar-refractivity contribution is 0.0657. The van der Waals surface area contributed by atoms with Crippen LogP contribution in [0.1, 0.15) is 31.9 Å². The molecule has 0 aliphatic rings. The van der Waals surface area contributed by atoms with Crippen molar-refractivity contribution in [1.29, 1.82) is 5.40 Å². The van der Waals surface area contributed by atoms with Crippen molar-refractivity contribution in [3.05, 3.63) is 35.4 Å². The highest BCUT2D eigenvalue weighted by atomic mass is 16.5. The molecule has 1 rings (SSSR count). The van der Waals surface area contributed by atoms with E-state index in [9.17, 15) is 0 Å². The van der Waals surface area contributed by atoms with Gasteiger partial charge in [0, 0.05) is 5.71 Å². The van der Waals surface area contributed by atoms with Crippen LogP contribution in [0.5, 0.6) is 0 Å². The largest absolute Gasteiger partial charge is 0.374 e. The van der Waals surface area contributed by atoms with Crippen LogP contribution in [0.25, 0.3) is 0 Å². The van der Waals surface area contributed by atoms with Crippen molar-refractivity contribution in [2.45, 2.75) is 33.5 Å². The van der Waals surface area contributed by atoms with Gasteiger partial charge in [0.05, 0.1) is 12.7 Å². The van der Waals surface area contributed by atoms with Gasteiger partial charge in [-0.05, 0) is 31.9 Å². The molecule has 76 valence electrons. The Balaban J connectivity index is 2.64. The van der Waals surface area contributed by atoms with Crippen LogP contribution in [0.15, 0.2) is 24.3 Å². The molecule has 1 aromatic carbocycles. The molecule has 0 aliphatic heterocycles. The van der Waals surface area contributed by atoms with Gasteiger partial charge in [0.15, 0.2) is 1.41 Å². The van der Waals surface area contributed by atoms with Crippen molar-refractivity contribution in [1.82, 2.24) is 0 Å². The summed E-state index contributed by atoms with van der Waals surface area (Å²) in [5.74, 6) is 0. The topological polar surface area (TPSA) is 33.1 Å².